The molecule has 1 aliphatic heterocycles. The Kier molecular flexibility index (Phi) is 4.14. The summed E-state index contributed by atoms with van der Waals surface area (Å²) in [6, 6.07) is 0. The molecule has 0 unspecified atom stereocenters. The predicted octanol–water partition coefficient (Wildman–Crippen LogP) is 0.973. The van der Waals surface area contributed by atoms with E-state index < -0.39 is 0 Å². The monoisotopic (exact) mass is 196 g/mol. The molecule has 0 spiro atoms. The zero-order chi connectivity index (χ0) is 10.6. The molecule has 80 valence electrons. The molecule has 0 bridgehead atoms. The van der Waals surface area contributed by atoms with Crippen molar-refractivity contribution in [3.8, 4) is 0 Å². The molecule has 3 heteroatoms. The summed E-state index contributed by atoms with van der Waals surface area (Å²) < 4.78 is 0. The molecule has 1 saturated heterocycles. The lowest BCUT2D eigenvalue weighted by atomic mass is 9.93. The summed E-state index contributed by atoms with van der Waals surface area (Å²) in [5.41, 5.74) is 0. The van der Waals surface area contributed by atoms with Crippen molar-refractivity contribution >= 4 is 5.78 Å². The standard InChI is InChI=1S/C11H20N2O/c1-12(2)7-6-11(14)10-4-8-13(3)9-5-10/h6-7,10H,4-5,8-9H2,1-3H3/b7-6+. The summed E-state index contributed by atoms with van der Waals surface area (Å²) in [5, 5.41) is 0. The van der Waals surface area contributed by atoms with E-state index in [1.165, 1.54) is 0 Å². The molecule has 1 heterocycles. The van der Waals surface area contributed by atoms with Crippen molar-refractivity contribution in [1.82, 2.24) is 9.80 Å². The highest BCUT2D eigenvalue weighted by atomic mass is 16.1. The van der Waals surface area contributed by atoms with Gasteiger partial charge in [-0.1, -0.05) is 0 Å². The van der Waals surface area contributed by atoms with Crippen LogP contribution in [0.15, 0.2) is 12.3 Å². The third kappa shape index (κ3) is 3.50. The number of hydrogen-bond donors (Lipinski definition) is 0. The SMILES string of the molecule is CN(C)/C=C/C(=O)C1CCN(C)CC1. The molecule has 1 fully saturated rings. The molecule has 0 radical (unpaired) electrons. The second-order valence-electron chi connectivity index (χ2n) is 4.26. The first kappa shape index (κ1) is 11.2. The van der Waals surface area contributed by atoms with Gasteiger partial charge >= 0.3 is 0 Å². The molecule has 0 N–H and O–H groups in total. The van der Waals surface area contributed by atoms with Gasteiger partial charge in [0.15, 0.2) is 5.78 Å². The largest absolute Gasteiger partial charge is 0.383 e. The maximum atomic E-state index is 11.7. The summed E-state index contributed by atoms with van der Waals surface area (Å²) in [6.45, 7) is 2.10. The van der Waals surface area contributed by atoms with Crippen LogP contribution in [0.3, 0.4) is 0 Å². The Balaban J connectivity index is 2.38. The maximum Gasteiger partial charge on any atom is 0.160 e. The minimum atomic E-state index is 0.252. The van der Waals surface area contributed by atoms with E-state index in [-0.39, 0.29) is 11.7 Å². The molecule has 0 saturated carbocycles. The van der Waals surface area contributed by atoms with Gasteiger partial charge in [-0.25, -0.2) is 0 Å². The van der Waals surface area contributed by atoms with Gasteiger partial charge in [-0.3, -0.25) is 4.79 Å². The van der Waals surface area contributed by atoms with Gasteiger partial charge in [0.05, 0.1) is 0 Å². The Morgan fingerprint density at radius 2 is 1.93 bits per heavy atom. The Bertz CT molecular complexity index is 215. The Morgan fingerprint density at radius 3 is 2.43 bits per heavy atom. The van der Waals surface area contributed by atoms with E-state index >= 15 is 0 Å². The van der Waals surface area contributed by atoms with Gasteiger partial charge in [0, 0.05) is 26.2 Å². The van der Waals surface area contributed by atoms with Gasteiger partial charge in [-0.2, -0.15) is 0 Å². The summed E-state index contributed by atoms with van der Waals surface area (Å²) in [5.74, 6) is 0.536. The van der Waals surface area contributed by atoms with Crippen molar-refractivity contribution < 1.29 is 4.79 Å². The average Bonchev–Trinajstić information content (AvgIpc) is 2.15. The third-order valence-corrected chi connectivity index (χ3v) is 2.66. The highest BCUT2D eigenvalue weighted by Crippen LogP contribution is 2.17. The van der Waals surface area contributed by atoms with Gasteiger partial charge in [-0.05, 0) is 39.1 Å². The summed E-state index contributed by atoms with van der Waals surface area (Å²) in [6.07, 6.45) is 5.55. The molecule has 14 heavy (non-hydrogen) atoms. The van der Waals surface area contributed by atoms with Crippen molar-refractivity contribution in [2.45, 2.75) is 12.8 Å². The molecule has 0 amide bonds. The van der Waals surface area contributed by atoms with Crippen LogP contribution in [-0.4, -0.2) is 49.8 Å². The zero-order valence-electron chi connectivity index (χ0n) is 9.36. The van der Waals surface area contributed by atoms with Crippen molar-refractivity contribution in [3.05, 3.63) is 12.3 Å². The molecule has 1 rings (SSSR count). The first-order valence-corrected chi connectivity index (χ1v) is 5.16. The molecule has 1 aliphatic rings. The van der Waals surface area contributed by atoms with Crippen molar-refractivity contribution in [2.24, 2.45) is 5.92 Å². The van der Waals surface area contributed by atoms with E-state index in [0.717, 1.165) is 25.9 Å². The lowest BCUT2D eigenvalue weighted by molar-refractivity contribution is -0.119. The number of carbonyl (C=O) groups excluding carboxylic acids is 1. The van der Waals surface area contributed by atoms with Gasteiger partial charge < -0.3 is 9.80 Å². The number of rotatable bonds is 3. The molecule has 3 nitrogen and oxygen atoms in total. The van der Waals surface area contributed by atoms with Crippen LogP contribution in [0.5, 0.6) is 0 Å². The number of nitrogens with zero attached hydrogens (tertiary/aromatic N) is 2. The van der Waals surface area contributed by atoms with E-state index in [2.05, 4.69) is 11.9 Å². The summed E-state index contributed by atoms with van der Waals surface area (Å²) >= 11 is 0. The van der Waals surface area contributed by atoms with Crippen LogP contribution in [0.1, 0.15) is 12.8 Å². The lowest BCUT2D eigenvalue weighted by Crippen LogP contribution is -2.33. The van der Waals surface area contributed by atoms with Gasteiger partial charge in [-0.15, -0.1) is 0 Å². The highest BCUT2D eigenvalue weighted by molar-refractivity contribution is 5.91. The fourth-order valence-electron chi connectivity index (χ4n) is 1.65. The minimum absolute atomic E-state index is 0.252. The Morgan fingerprint density at radius 1 is 1.36 bits per heavy atom. The van der Waals surface area contributed by atoms with E-state index in [0.29, 0.717) is 0 Å². The van der Waals surface area contributed by atoms with Crippen molar-refractivity contribution in [3.63, 3.8) is 0 Å². The smallest absolute Gasteiger partial charge is 0.160 e. The Hall–Kier alpha value is -0.830. The molecule has 0 aromatic heterocycles. The van der Waals surface area contributed by atoms with E-state index in [1.807, 2.05) is 25.2 Å². The topological polar surface area (TPSA) is 23.6 Å². The number of piperidine rings is 1. The lowest BCUT2D eigenvalue weighted by Gasteiger charge is -2.27. The maximum absolute atomic E-state index is 11.7. The first-order chi connectivity index (χ1) is 6.59. The van der Waals surface area contributed by atoms with Crippen LogP contribution in [0.25, 0.3) is 0 Å². The fourth-order valence-corrected chi connectivity index (χ4v) is 1.65. The van der Waals surface area contributed by atoms with Crippen LogP contribution >= 0.6 is 0 Å². The van der Waals surface area contributed by atoms with E-state index in [1.54, 1.807) is 6.08 Å². The molecular weight excluding hydrogens is 176 g/mol. The van der Waals surface area contributed by atoms with Crippen LogP contribution in [-0.2, 0) is 4.79 Å². The first-order valence-electron chi connectivity index (χ1n) is 5.16. The third-order valence-electron chi connectivity index (χ3n) is 2.66. The second kappa shape index (κ2) is 5.15. The number of likely N-dealkylation sites (tertiary alicyclic amines) is 1. The average molecular weight is 196 g/mol. The number of hydrogen-bond acceptors (Lipinski definition) is 3. The molecule has 0 atom stereocenters. The van der Waals surface area contributed by atoms with Crippen LogP contribution in [0.2, 0.25) is 0 Å². The minimum Gasteiger partial charge on any atom is -0.383 e. The zero-order valence-corrected chi connectivity index (χ0v) is 9.36. The van der Waals surface area contributed by atoms with Gasteiger partial charge in [0.2, 0.25) is 0 Å². The highest BCUT2D eigenvalue weighted by Gasteiger charge is 2.21. The van der Waals surface area contributed by atoms with Crippen LogP contribution < -0.4 is 0 Å². The predicted molar refractivity (Wildman–Crippen MR) is 58.1 cm³/mol. The normalized spacial score (nSPS) is 20.2. The van der Waals surface area contributed by atoms with Crippen molar-refractivity contribution in [1.29, 1.82) is 0 Å². The van der Waals surface area contributed by atoms with Gasteiger partial charge in [0.25, 0.3) is 0 Å². The van der Waals surface area contributed by atoms with E-state index in [9.17, 15) is 4.79 Å². The molecule has 0 aromatic carbocycles. The second-order valence-corrected chi connectivity index (χ2v) is 4.26. The van der Waals surface area contributed by atoms with Crippen molar-refractivity contribution in [2.75, 3.05) is 34.2 Å². The fraction of sp³-hybridized carbons (Fsp3) is 0.727. The van der Waals surface area contributed by atoms with Crippen LogP contribution in [0.4, 0.5) is 0 Å². The quantitative estimate of drug-likeness (QED) is 0.628. The molecular formula is C11H20N2O. The number of allylic oxidation sites excluding steroid dienone is 1. The Labute approximate surface area is 86.4 Å². The summed E-state index contributed by atoms with van der Waals surface area (Å²) in [7, 11) is 5.97. The van der Waals surface area contributed by atoms with Crippen LogP contribution in [0, 0.1) is 5.92 Å². The number of carbonyl (C=O) groups is 1. The van der Waals surface area contributed by atoms with Gasteiger partial charge in [0.1, 0.15) is 0 Å². The van der Waals surface area contributed by atoms with E-state index in [4.69, 9.17) is 0 Å². The molecule has 0 aromatic rings. The molecule has 0 aliphatic carbocycles. The number of ketones is 1. The summed E-state index contributed by atoms with van der Waals surface area (Å²) in [4.78, 5) is 15.9.